The molecule has 0 heterocycles. The number of carbonyl (C=O) groups excluding carboxylic acids is 1. The fraction of sp³-hybridized carbons (Fsp3) is 0. The Labute approximate surface area is 134 Å². The molecule has 1 N–H and O–H groups in total. The van der Waals surface area contributed by atoms with E-state index in [1.165, 1.54) is 12.1 Å². The van der Waals surface area contributed by atoms with Crippen LogP contribution in [0.3, 0.4) is 0 Å². The number of anilines is 1. The topological polar surface area (TPSA) is 72.2 Å². The van der Waals surface area contributed by atoms with Crippen LogP contribution >= 0.6 is 34.8 Å². The van der Waals surface area contributed by atoms with Crippen LogP contribution in [0.4, 0.5) is 11.4 Å². The predicted molar refractivity (Wildman–Crippen MR) is 82.5 cm³/mol. The Kier molecular flexibility index (Phi) is 4.67. The first kappa shape index (κ1) is 15.6. The minimum Gasteiger partial charge on any atom is -0.321 e. The van der Waals surface area contributed by atoms with Crippen molar-refractivity contribution in [3.05, 3.63) is 67.1 Å². The average molecular weight is 346 g/mol. The third-order valence-electron chi connectivity index (χ3n) is 2.60. The number of hydrogen-bond donors (Lipinski definition) is 1. The van der Waals surface area contributed by atoms with Crippen LogP contribution in [0, 0.1) is 10.1 Å². The van der Waals surface area contributed by atoms with Gasteiger partial charge in [0, 0.05) is 11.6 Å². The molecule has 8 heteroatoms. The zero-order chi connectivity index (χ0) is 15.6. The van der Waals surface area contributed by atoms with Gasteiger partial charge in [0.1, 0.15) is 5.02 Å². The molecule has 0 unspecified atom stereocenters. The summed E-state index contributed by atoms with van der Waals surface area (Å²) in [5, 5.41) is 13.8. The third-order valence-corrected chi connectivity index (χ3v) is 3.74. The standard InChI is InChI=1S/C13H7Cl3N2O3/c14-8-5-4-7(6-11(8)18(20)21)13(19)17-10-3-1-2-9(15)12(10)16/h1-6H,(H,17,19). The molecule has 5 nitrogen and oxygen atoms in total. The minimum absolute atomic E-state index is 0.0441. The maximum Gasteiger partial charge on any atom is 0.288 e. The van der Waals surface area contributed by atoms with Gasteiger partial charge in [0.15, 0.2) is 0 Å². The Morgan fingerprint density at radius 2 is 1.81 bits per heavy atom. The highest BCUT2D eigenvalue weighted by atomic mass is 35.5. The van der Waals surface area contributed by atoms with Crippen molar-refractivity contribution in [1.82, 2.24) is 0 Å². The normalized spacial score (nSPS) is 10.2. The van der Waals surface area contributed by atoms with Gasteiger partial charge in [-0.15, -0.1) is 0 Å². The van der Waals surface area contributed by atoms with Crippen LogP contribution in [0.25, 0.3) is 0 Å². The Balaban J connectivity index is 2.31. The highest BCUT2D eigenvalue weighted by molar-refractivity contribution is 6.44. The molecule has 0 aliphatic carbocycles. The molecule has 0 fully saturated rings. The average Bonchev–Trinajstić information content (AvgIpc) is 2.44. The van der Waals surface area contributed by atoms with Crippen LogP contribution in [0.5, 0.6) is 0 Å². The summed E-state index contributed by atoms with van der Waals surface area (Å²) in [5.41, 5.74) is 0.0513. The minimum atomic E-state index is -0.661. The molecule has 0 aromatic heterocycles. The van der Waals surface area contributed by atoms with Crippen molar-refractivity contribution in [2.24, 2.45) is 0 Å². The first-order chi connectivity index (χ1) is 9.90. The number of halogens is 3. The molecular formula is C13H7Cl3N2O3. The fourth-order valence-electron chi connectivity index (χ4n) is 1.59. The van der Waals surface area contributed by atoms with Gasteiger partial charge in [0.05, 0.1) is 20.7 Å². The number of rotatable bonds is 3. The molecule has 0 saturated heterocycles. The van der Waals surface area contributed by atoms with E-state index in [0.717, 1.165) is 6.07 Å². The number of hydrogen-bond acceptors (Lipinski definition) is 3. The summed E-state index contributed by atoms with van der Waals surface area (Å²) >= 11 is 17.5. The Morgan fingerprint density at radius 3 is 2.48 bits per heavy atom. The van der Waals surface area contributed by atoms with E-state index >= 15 is 0 Å². The van der Waals surface area contributed by atoms with E-state index in [1.54, 1.807) is 18.2 Å². The lowest BCUT2D eigenvalue weighted by molar-refractivity contribution is -0.384. The number of carbonyl (C=O) groups is 1. The molecule has 2 aromatic carbocycles. The van der Waals surface area contributed by atoms with Crippen LogP contribution < -0.4 is 5.32 Å². The Morgan fingerprint density at radius 1 is 1.10 bits per heavy atom. The first-order valence-corrected chi connectivity index (χ1v) is 6.73. The second kappa shape index (κ2) is 6.30. The number of nitrogens with zero attached hydrogens (tertiary/aromatic N) is 1. The fourth-order valence-corrected chi connectivity index (χ4v) is 2.12. The number of amides is 1. The van der Waals surface area contributed by atoms with Gasteiger partial charge in [0.25, 0.3) is 11.6 Å². The van der Waals surface area contributed by atoms with Gasteiger partial charge in [-0.05, 0) is 24.3 Å². The van der Waals surface area contributed by atoms with Crippen LogP contribution in [0.2, 0.25) is 15.1 Å². The number of nitro benzene ring substituents is 1. The van der Waals surface area contributed by atoms with Crippen molar-refractivity contribution in [2.45, 2.75) is 0 Å². The maximum absolute atomic E-state index is 12.1. The first-order valence-electron chi connectivity index (χ1n) is 5.59. The summed E-state index contributed by atoms with van der Waals surface area (Å²) in [6, 6.07) is 8.52. The van der Waals surface area contributed by atoms with Crippen molar-refractivity contribution in [1.29, 1.82) is 0 Å². The number of nitrogens with one attached hydrogen (secondary N) is 1. The zero-order valence-electron chi connectivity index (χ0n) is 10.3. The summed E-state index contributed by atoms with van der Waals surface area (Å²) in [6.07, 6.45) is 0. The summed E-state index contributed by atoms with van der Waals surface area (Å²) in [5.74, 6) is -0.557. The van der Waals surface area contributed by atoms with Gasteiger partial charge in [-0.2, -0.15) is 0 Å². The van der Waals surface area contributed by atoms with Gasteiger partial charge < -0.3 is 5.32 Å². The van der Waals surface area contributed by atoms with Crippen molar-refractivity contribution in [2.75, 3.05) is 5.32 Å². The summed E-state index contributed by atoms with van der Waals surface area (Å²) < 4.78 is 0. The van der Waals surface area contributed by atoms with Crippen molar-refractivity contribution in [3.63, 3.8) is 0 Å². The van der Waals surface area contributed by atoms with E-state index in [1.807, 2.05) is 0 Å². The molecule has 2 aromatic rings. The van der Waals surface area contributed by atoms with E-state index in [2.05, 4.69) is 5.32 Å². The monoisotopic (exact) mass is 344 g/mol. The second-order valence-electron chi connectivity index (χ2n) is 3.98. The van der Waals surface area contributed by atoms with Crippen LogP contribution in [0.1, 0.15) is 10.4 Å². The zero-order valence-corrected chi connectivity index (χ0v) is 12.5. The van der Waals surface area contributed by atoms with Crippen LogP contribution in [-0.4, -0.2) is 10.8 Å². The van der Waals surface area contributed by atoms with Gasteiger partial charge in [-0.3, -0.25) is 14.9 Å². The molecule has 0 aliphatic rings. The molecule has 0 atom stereocenters. The SMILES string of the molecule is O=C(Nc1cccc(Cl)c1Cl)c1ccc(Cl)c([N+](=O)[O-])c1. The largest absolute Gasteiger partial charge is 0.321 e. The Bertz CT molecular complexity index is 735. The summed E-state index contributed by atoms with van der Waals surface area (Å²) in [7, 11) is 0. The van der Waals surface area contributed by atoms with Crippen molar-refractivity contribution in [3.8, 4) is 0 Å². The van der Waals surface area contributed by atoms with Gasteiger partial charge in [-0.25, -0.2) is 0 Å². The highest BCUT2D eigenvalue weighted by Crippen LogP contribution is 2.30. The smallest absolute Gasteiger partial charge is 0.288 e. The molecule has 0 saturated carbocycles. The maximum atomic E-state index is 12.1. The molecule has 0 aliphatic heterocycles. The van der Waals surface area contributed by atoms with E-state index in [-0.39, 0.29) is 26.3 Å². The highest BCUT2D eigenvalue weighted by Gasteiger charge is 2.17. The van der Waals surface area contributed by atoms with E-state index < -0.39 is 10.8 Å². The molecule has 0 radical (unpaired) electrons. The molecule has 2 rings (SSSR count). The Hall–Kier alpha value is -1.82. The lowest BCUT2D eigenvalue weighted by Crippen LogP contribution is -2.12. The van der Waals surface area contributed by atoms with Crippen LogP contribution in [-0.2, 0) is 0 Å². The quantitative estimate of drug-likeness (QED) is 0.641. The number of benzene rings is 2. The molecule has 0 bridgehead atoms. The summed E-state index contributed by atoms with van der Waals surface area (Å²) in [4.78, 5) is 22.2. The lowest BCUT2D eigenvalue weighted by Gasteiger charge is -2.08. The van der Waals surface area contributed by atoms with E-state index in [0.29, 0.717) is 5.69 Å². The lowest BCUT2D eigenvalue weighted by atomic mass is 10.2. The molecular weight excluding hydrogens is 339 g/mol. The predicted octanol–water partition coefficient (Wildman–Crippen LogP) is 4.81. The molecule has 21 heavy (non-hydrogen) atoms. The molecule has 1 amide bonds. The third kappa shape index (κ3) is 3.44. The number of nitro groups is 1. The van der Waals surface area contributed by atoms with Crippen LogP contribution in [0.15, 0.2) is 36.4 Å². The van der Waals surface area contributed by atoms with Gasteiger partial charge in [-0.1, -0.05) is 40.9 Å². The summed E-state index contributed by atoms with van der Waals surface area (Å²) in [6.45, 7) is 0. The van der Waals surface area contributed by atoms with E-state index in [4.69, 9.17) is 34.8 Å². The van der Waals surface area contributed by atoms with Crippen molar-refractivity contribution >= 4 is 52.1 Å². The second-order valence-corrected chi connectivity index (χ2v) is 5.17. The van der Waals surface area contributed by atoms with Gasteiger partial charge >= 0.3 is 0 Å². The molecule has 0 spiro atoms. The van der Waals surface area contributed by atoms with Gasteiger partial charge in [0.2, 0.25) is 0 Å². The molecule has 108 valence electrons. The van der Waals surface area contributed by atoms with E-state index in [9.17, 15) is 14.9 Å². The van der Waals surface area contributed by atoms with Crippen molar-refractivity contribution < 1.29 is 9.72 Å².